The highest BCUT2D eigenvalue weighted by molar-refractivity contribution is 5.55. The summed E-state index contributed by atoms with van der Waals surface area (Å²) in [5.74, 6) is 1.50. The van der Waals surface area contributed by atoms with Crippen LogP contribution in [0.2, 0.25) is 0 Å². The largest absolute Gasteiger partial charge is 0.493 e. The van der Waals surface area contributed by atoms with E-state index < -0.39 is 0 Å². The molecule has 1 rings (SSSR count). The fourth-order valence-electron chi connectivity index (χ4n) is 1.62. The van der Waals surface area contributed by atoms with Gasteiger partial charge in [0.15, 0.2) is 11.5 Å². The van der Waals surface area contributed by atoms with E-state index in [0.717, 1.165) is 17.2 Å². The number of nitrogens with one attached hydrogen (secondary N) is 1. The summed E-state index contributed by atoms with van der Waals surface area (Å²) in [6.07, 6.45) is 0.141. The summed E-state index contributed by atoms with van der Waals surface area (Å²) >= 11 is 0. The lowest BCUT2D eigenvalue weighted by Crippen LogP contribution is -2.29. The van der Waals surface area contributed by atoms with Crippen molar-refractivity contribution in [2.45, 2.75) is 32.9 Å². The Morgan fingerprint density at radius 1 is 1.17 bits per heavy atom. The summed E-state index contributed by atoms with van der Waals surface area (Å²) in [6.45, 7) is 6.68. The van der Waals surface area contributed by atoms with E-state index in [1.807, 2.05) is 32.0 Å². The molecule has 0 spiro atoms. The minimum Gasteiger partial charge on any atom is -0.493 e. The Labute approximate surface area is 109 Å². The minimum atomic E-state index is 0.141. The van der Waals surface area contributed by atoms with E-state index in [1.165, 1.54) is 0 Å². The van der Waals surface area contributed by atoms with Gasteiger partial charge in [-0.25, -0.2) is 0 Å². The van der Waals surface area contributed by atoms with E-state index in [-0.39, 0.29) is 12.1 Å². The van der Waals surface area contributed by atoms with E-state index in [0.29, 0.717) is 6.61 Å². The highest BCUT2D eigenvalue weighted by Crippen LogP contribution is 2.30. The molecule has 0 radical (unpaired) electrons. The van der Waals surface area contributed by atoms with Gasteiger partial charge in [0.25, 0.3) is 0 Å². The Morgan fingerprint density at radius 2 is 1.89 bits per heavy atom. The topological polar surface area (TPSA) is 39.7 Å². The quantitative estimate of drug-likeness (QED) is 0.811. The molecular weight excluding hydrogens is 230 g/mol. The fraction of sp³-hybridized carbons (Fsp3) is 0.571. The first-order chi connectivity index (χ1) is 8.62. The van der Waals surface area contributed by atoms with Crippen molar-refractivity contribution >= 4 is 5.69 Å². The van der Waals surface area contributed by atoms with Crippen LogP contribution in [-0.2, 0) is 4.74 Å². The Kier molecular flexibility index (Phi) is 5.78. The van der Waals surface area contributed by atoms with Crippen molar-refractivity contribution in [2.24, 2.45) is 0 Å². The Balaban J connectivity index is 2.81. The zero-order valence-corrected chi connectivity index (χ0v) is 11.8. The average Bonchev–Trinajstić information content (AvgIpc) is 2.38. The number of hydrogen-bond donors (Lipinski definition) is 1. The Hall–Kier alpha value is -1.42. The van der Waals surface area contributed by atoms with Crippen LogP contribution < -0.4 is 14.8 Å². The lowest BCUT2D eigenvalue weighted by Gasteiger charge is -2.21. The number of hydrogen-bond acceptors (Lipinski definition) is 4. The molecule has 0 aromatic heterocycles. The van der Waals surface area contributed by atoms with Gasteiger partial charge in [-0.05, 0) is 32.9 Å². The van der Waals surface area contributed by atoms with Crippen LogP contribution in [0, 0.1) is 0 Å². The number of benzene rings is 1. The molecular formula is C14H23NO3. The summed E-state index contributed by atoms with van der Waals surface area (Å²) in [5, 5.41) is 3.38. The second-order valence-corrected chi connectivity index (χ2v) is 4.17. The highest BCUT2D eigenvalue weighted by Gasteiger charge is 2.12. The third kappa shape index (κ3) is 3.81. The molecule has 0 aliphatic heterocycles. The van der Waals surface area contributed by atoms with Gasteiger partial charge < -0.3 is 19.5 Å². The number of ether oxygens (including phenoxy) is 3. The Bertz CT molecular complexity index is 368. The predicted molar refractivity (Wildman–Crippen MR) is 73.7 cm³/mol. The standard InChI is InChI=1S/C14H23NO3/c1-6-18-14-9-12(7-8-13(14)17-5)15-10(2)11(3)16-4/h7-11,15H,6H2,1-5H3. The van der Waals surface area contributed by atoms with Gasteiger partial charge in [0.2, 0.25) is 0 Å². The van der Waals surface area contributed by atoms with Crippen LogP contribution in [0.25, 0.3) is 0 Å². The number of methoxy groups -OCH3 is 2. The molecule has 0 aliphatic carbocycles. The monoisotopic (exact) mass is 253 g/mol. The van der Waals surface area contributed by atoms with Crippen molar-refractivity contribution in [3.63, 3.8) is 0 Å². The minimum absolute atomic E-state index is 0.141. The third-order valence-corrected chi connectivity index (χ3v) is 2.93. The van der Waals surface area contributed by atoms with Crippen LogP contribution in [0.1, 0.15) is 20.8 Å². The van der Waals surface area contributed by atoms with Crippen molar-refractivity contribution < 1.29 is 14.2 Å². The van der Waals surface area contributed by atoms with Crippen LogP contribution in [0.5, 0.6) is 11.5 Å². The molecule has 1 N–H and O–H groups in total. The third-order valence-electron chi connectivity index (χ3n) is 2.93. The molecule has 0 fully saturated rings. The number of rotatable bonds is 7. The van der Waals surface area contributed by atoms with Crippen molar-refractivity contribution in [1.82, 2.24) is 0 Å². The van der Waals surface area contributed by atoms with Crippen LogP contribution in [0.4, 0.5) is 5.69 Å². The molecule has 0 amide bonds. The SMILES string of the molecule is CCOc1cc(NC(C)C(C)OC)ccc1OC. The summed E-state index contributed by atoms with van der Waals surface area (Å²) in [6, 6.07) is 6.04. The second kappa shape index (κ2) is 7.11. The van der Waals surface area contributed by atoms with E-state index in [2.05, 4.69) is 12.2 Å². The summed E-state index contributed by atoms with van der Waals surface area (Å²) in [7, 11) is 3.35. The van der Waals surface area contributed by atoms with E-state index >= 15 is 0 Å². The molecule has 1 aromatic carbocycles. The summed E-state index contributed by atoms with van der Waals surface area (Å²) in [5.41, 5.74) is 0.996. The molecule has 0 heterocycles. The van der Waals surface area contributed by atoms with Gasteiger partial charge in [0, 0.05) is 24.9 Å². The lowest BCUT2D eigenvalue weighted by molar-refractivity contribution is 0.106. The van der Waals surface area contributed by atoms with Crippen LogP contribution >= 0.6 is 0 Å². The maximum atomic E-state index is 5.54. The average molecular weight is 253 g/mol. The highest BCUT2D eigenvalue weighted by atomic mass is 16.5. The van der Waals surface area contributed by atoms with Crippen LogP contribution in [0.15, 0.2) is 18.2 Å². The number of anilines is 1. The molecule has 0 saturated heterocycles. The maximum absolute atomic E-state index is 5.54. The van der Waals surface area contributed by atoms with Crippen LogP contribution in [-0.4, -0.2) is 33.0 Å². The van der Waals surface area contributed by atoms with Gasteiger partial charge in [0.1, 0.15) is 0 Å². The molecule has 2 unspecified atom stereocenters. The van der Waals surface area contributed by atoms with Crippen molar-refractivity contribution in [3.05, 3.63) is 18.2 Å². The molecule has 0 saturated carbocycles. The van der Waals surface area contributed by atoms with Crippen molar-refractivity contribution in [3.8, 4) is 11.5 Å². The first-order valence-corrected chi connectivity index (χ1v) is 6.22. The molecule has 4 heteroatoms. The van der Waals surface area contributed by atoms with Gasteiger partial charge in [0.05, 0.1) is 19.8 Å². The molecule has 1 aromatic rings. The molecule has 2 atom stereocenters. The molecule has 0 bridgehead atoms. The summed E-state index contributed by atoms with van der Waals surface area (Å²) < 4.78 is 16.1. The Morgan fingerprint density at radius 3 is 2.44 bits per heavy atom. The van der Waals surface area contributed by atoms with Crippen molar-refractivity contribution in [1.29, 1.82) is 0 Å². The molecule has 18 heavy (non-hydrogen) atoms. The van der Waals surface area contributed by atoms with E-state index in [1.54, 1.807) is 14.2 Å². The second-order valence-electron chi connectivity index (χ2n) is 4.17. The smallest absolute Gasteiger partial charge is 0.163 e. The fourth-order valence-corrected chi connectivity index (χ4v) is 1.62. The van der Waals surface area contributed by atoms with Crippen LogP contribution in [0.3, 0.4) is 0 Å². The predicted octanol–water partition coefficient (Wildman–Crippen LogP) is 2.93. The lowest BCUT2D eigenvalue weighted by atomic mass is 10.2. The zero-order valence-electron chi connectivity index (χ0n) is 11.8. The van der Waals surface area contributed by atoms with E-state index in [9.17, 15) is 0 Å². The van der Waals surface area contributed by atoms with Gasteiger partial charge in [-0.3, -0.25) is 0 Å². The van der Waals surface area contributed by atoms with Gasteiger partial charge in [-0.15, -0.1) is 0 Å². The van der Waals surface area contributed by atoms with Crippen molar-refractivity contribution in [2.75, 3.05) is 26.1 Å². The van der Waals surface area contributed by atoms with Gasteiger partial charge >= 0.3 is 0 Å². The first kappa shape index (κ1) is 14.6. The maximum Gasteiger partial charge on any atom is 0.163 e. The molecule has 4 nitrogen and oxygen atoms in total. The summed E-state index contributed by atoms with van der Waals surface area (Å²) in [4.78, 5) is 0. The molecule has 0 aliphatic rings. The zero-order chi connectivity index (χ0) is 13.5. The van der Waals surface area contributed by atoms with Gasteiger partial charge in [-0.2, -0.15) is 0 Å². The normalized spacial score (nSPS) is 13.8. The first-order valence-electron chi connectivity index (χ1n) is 6.22. The van der Waals surface area contributed by atoms with E-state index in [4.69, 9.17) is 14.2 Å². The van der Waals surface area contributed by atoms with Gasteiger partial charge in [-0.1, -0.05) is 0 Å². The molecule has 102 valence electrons.